The van der Waals surface area contributed by atoms with E-state index in [0.717, 1.165) is 4.68 Å². The molecule has 1 saturated heterocycles. The molecular weight excluding hydrogens is 502 g/mol. The molecular formula is C26H28F2N4O4S. The number of hydrogen-bond acceptors (Lipinski definition) is 7. The summed E-state index contributed by atoms with van der Waals surface area (Å²) in [7, 11) is 0. The van der Waals surface area contributed by atoms with Gasteiger partial charge in [-0.15, -0.1) is 4.31 Å². The van der Waals surface area contributed by atoms with Crippen LogP contribution in [-0.4, -0.2) is 62.1 Å². The normalized spacial score (nSPS) is 22.1. The Morgan fingerprint density at radius 2 is 1.84 bits per heavy atom. The average molecular weight is 531 g/mol. The second-order valence-corrected chi connectivity index (χ2v) is 10.7. The lowest BCUT2D eigenvalue weighted by Gasteiger charge is -2.36. The number of piperazine rings is 1. The minimum absolute atomic E-state index is 0.0700. The number of aliphatic hydroxyl groups is 1. The molecule has 2 aromatic carbocycles. The molecule has 1 aromatic heterocycles. The van der Waals surface area contributed by atoms with Gasteiger partial charge in [0.15, 0.2) is 0 Å². The molecule has 4 atom stereocenters. The van der Waals surface area contributed by atoms with Gasteiger partial charge >= 0.3 is 5.56 Å². The first kappa shape index (κ1) is 25.7. The summed E-state index contributed by atoms with van der Waals surface area (Å²) in [5.74, 6) is -0.428. The standard InChI is InChI=1S/C26H28F2N4O4S/c27-19-7-4-8-20(15-19)32-26(34)24(36-22-10-9-21(33)16-22)23(17-29-32)30-11-13-31(14-12-30)37(35)25(28)18-5-2-1-3-6-18/h1-8,15,17,21-22,25,33H,9-14,16H2. The molecule has 8 nitrogen and oxygen atoms in total. The molecule has 0 amide bonds. The van der Waals surface area contributed by atoms with Crippen molar-refractivity contribution in [3.63, 3.8) is 0 Å². The summed E-state index contributed by atoms with van der Waals surface area (Å²) in [4.78, 5) is 15.4. The Bertz CT molecular complexity index is 1270. The van der Waals surface area contributed by atoms with Crippen molar-refractivity contribution in [2.45, 2.75) is 37.0 Å². The van der Waals surface area contributed by atoms with E-state index in [9.17, 15) is 23.2 Å². The Hall–Kier alpha value is -2.99. The zero-order valence-corrected chi connectivity index (χ0v) is 20.9. The number of rotatable bonds is 7. The van der Waals surface area contributed by atoms with Gasteiger partial charge in [0.1, 0.15) is 17.6 Å². The molecule has 1 N–H and O–H groups in total. The second kappa shape index (κ2) is 11.2. The number of nitrogens with zero attached hydrogens (tertiary/aromatic N) is 4. The van der Waals surface area contributed by atoms with Gasteiger partial charge in [-0.25, -0.2) is 4.39 Å². The van der Waals surface area contributed by atoms with E-state index in [2.05, 4.69) is 5.10 Å². The van der Waals surface area contributed by atoms with E-state index in [1.165, 1.54) is 24.4 Å². The lowest BCUT2D eigenvalue weighted by Crippen LogP contribution is -2.50. The highest BCUT2D eigenvalue weighted by Gasteiger charge is 2.35. The molecule has 0 bridgehead atoms. The fourth-order valence-corrected chi connectivity index (χ4v) is 5.88. The summed E-state index contributed by atoms with van der Waals surface area (Å²) in [6.07, 6.45) is 2.27. The lowest BCUT2D eigenvalue weighted by atomic mass is 10.2. The molecule has 1 aliphatic carbocycles. The monoisotopic (exact) mass is 530 g/mol. The van der Waals surface area contributed by atoms with Crippen LogP contribution < -0.4 is 15.2 Å². The highest BCUT2D eigenvalue weighted by Crippen LogP contribution is 2.32. The van der Waals surface area contributed by atoms with Gasteiger partial charge in [-0.2, -0.15) is 14.2 Å². The number of aromatic nitrogens is 2. The lowest BCUT2D eigenvalue weighted by molar-refractivity contribution is 0.148. The minimum Gasteiger partial charge on any atom is -0.595 e. The maximum absolute atomic E-state index is 14.9. The predicted octanol–water partition coefficient (Wildman–Crippen LogP) is 3.12. The van der Waals surface area contributed by atoms with Gasteiger partial charge < -0.3 is 19.3 Å². The van der Waals surface area contributed by atoms with Crippen LogP contribution in [0.2, 0.25) is 0 Å². The third-order valence-electron chi connectivity index (χ3n) is 6.68. The third-order valence-corrected chi connectivity index (χ3v) is 8.18. The van der Waals surface area contributed by atoms with Gasteiger partial charge in [-0.05, 0) is 31.0 Å². The number of benzene rings is 2. The highest BCUT2D eigenvalue weighted by atomic mass is 32.2. The van der Waals surface area contributed by atoms with Crippen molar-refractivity contribution >= 4 is 17.0 Å². The van der Waals surface area contributed by atoms with Gasteiger partial charge in [0.05, 0.1) is 42.4 Å². The minimum atomic E-state index is -1.86. The van der Waals surface area contributed by atoms with Crippen molar-refractivity contribution in [2.75, 3.05) is 31.1 Å². The predicted molar refractivity (Wildman–Crippen MR) is 136 cm³/mol. The van der Waals surface area contributed by atoms with Gasteiger partial charge in [0.2, 0.25) is 5.75 Å². The molecule has 4 unspecified atom stereocenters. The topological polar surface area (TPSA) is 93.9 Å². The summed E-state index contributed by atoms with van der Waals surface area (Å²) in [6, 6.07) is 14.0. The largest absolute Gasteiger partial charge is 0.595 e. The Morgan fingerprint density at radius 3 is 2.51 bits per heavy atom. The van der Waals surface area contributed by atoms with Crippen molar-refractivity contribution in [1.82, 2.24) is 14.1 Å². The first-order chi connectivity index (χ1) is 17.9. The third kappa shape index (κ3) is 5.64. The number of alkyl halides is 1. The smallest absolute Gasteiger partial charge is 0.316 e. The van der Waals surface area contributed by atoms with Crippen molar-refractivity contribution in [1.29, 1.82) is 0 Å². The van der Waals surface area contributed by atoms with Crippen molar-refractivity contribution < 1.29 is 23.2 Å². The second-order valence-electron chi connectivity index (χ2n) is 9.18. The fourth-order valence-electron chi connectivity index (χ4n) is 4.71. The fraction of sp³-hybridized carbons (Fsp3) is 0.385. The van der Waals surface area contributed by atoms with E-state index in [1.54, 1.807) is 40.7 Å². The molecule has 2 aliphatic rings. The highest BCUT2D eigenvalue weighted by molar-refractivity contribution is 7.89. The molecule has 1 aliphatic heterocycles. The number of ether oxygens (including phenoxy) is 1. The maximum Gasteiger partial charge on any atom is 0.316 e. The first-order valence-corrected chi connectivity index (χ1v) is 13.4. The zero-order chi connectivity index (χ0) is 25.9. The Labute approximate surface area is 216 Å². The van der Waals surface area contributed by atoms with Crippen LogP contribution in [0.5, 0.6) is 5.75 Å². The molecule has 196 valence electrons. The summed E-state index contributed by atoms with van der Waals surface area (Å²) in [5.41, 5.74) is -1.07. The molecule has 37 heavy (non-hydrogen) atoms. The van der Waals surface area contributed by atoms with E-state index < -0.39 is 34.3 Å². The Morgan fingerprint density at radius 1 is 1.08 bits per heavy atom. The number of hydrogen-bond donors (Lipinski definition) is 1. The summed E-state index contributed by atoms with van der Waals surface area (Å²) in [6.45, 7) is 1.38. The molecule has 5 rings (SSSR count). The molecule has 2 heterocycles. The van der Waals surface area contributed by atoms with Gasteiger partial charge in [0, 0.05) is 25.1 Å². The maximum atomic E-state index is 14.9. The summed E-state index contributed by atoms with van der Waals surface area (Å²) < 4.78 is 50.3. The van der Waals surface area contributed by atoms with Crippen molar-refractivity contribution in [3.8, 4) is 11.4 Å². The summed E-state index contributed by atoms with van der Waals surface area (Å²) in [5, 5.41) is 14.2. The SMILES string of the molecule is O=c1c(OC2CCC(O)C2)c(N2CCN([S+]([O-])C(F)c3ccccc3)CC2)cnn1-c1cccc(F)c1. The zero-order valence-electron chi connectivity index (χ0n) is 20.1. The van der Waals surface area contributed by atoms with Gasteiger partial charge in [-0.1, -0.05) is 36.4 Å². The molecule has 2 fully saturated rings. The van der Waals surface area contributed by atoms with Crippen LogP contribution >= 0.6 is 0 Å². The number of anilines is 1. The molecule has 0 radical (unpaired) electrons. The van der Waals surface area contributed by atoms with Crippen LogP contribution in [0.4, 0.5) is 14.5 Å². The van der Waals surface area contributed by atoms with Crippen LogP contribution in [0.25, 0.3) is 5.69 Å². The van der Waals surface area contributed by atoms with E-state index in [4.69, 9.17) is 4.74 Å². The summed E-state index contributed by atoms with van der Waals surface area (Å²) >= 11 is -1.86. The molecule has 11 heteroatoms. The van der Waals surface area contributed by atoms with Crippen LogP contribution in [0.3, 0.4) is 0 Å². The Balaban J connectivity index is 1.37. The molecule has 0 spiro atoms. The van der Waals surface area contributed by atoms with E-state index in [0.29, 0.717) is 56.7 Å². The van der Waals surface area contributed by atoms with E-state index in [1.807, 2.05) is 4.90 Å². The first-order valence-electron chi connectivity index (χ1n) is 12.2. The van der Waals surface area contributed by atoms with Gasteiger partial charge in [-0.3, -0.25) is 4.79 Å². The van der Waals surface area contributed by atoms with Crippen molar-refractivity contribution in [2.24, 2.45) is 0 Å². The van der Waals surface area contributed by atoms with E-state index >= 15 is 0 Å². The quantitative estimate of drug-likeness (QED) is 0.469. The molecule has 1 saturated carbocycles. The average Bonchev–Trinajstić information content (AvgIpc) is 3.34. The van der Waals surface area contributed by atoms with Crippen LogP contribution in [0.15, 0.2) is 65.6 Å². The van der Waals surface area contributed by atoms with Crippen LogP contribution in [0, 0.1) is 5.82 Å². The van der Waals surface area contributed by atoms with Crippen LogP contribution in [-0.2, 0) is 11.4 Å². The Kier molecular flexibility index (Phi) is 7.75. The number of aliphatic hydroxyl groups excluding tert-OH is 1. The van der Waals surface area contributed by atoms with Crippen LogP contribution in [0.1, 0.15) is 30.3 Å². The van der Waals surface area contributed by atoms with Crippen molar-refractivity contribution in [3.05, 3.63) is 82.5 Å². The van der Waals surface area contributed by atoms with Gasteiger partial charge in [0.25, 0.3) is 5.50 Å². The van der Waals surface area contributed by atoms with E-state index in [-0.39, 0.29) is 17.5 Å². The molecule has 3 aromatic rings. The number of halogens is 2.